The summed E-state index contributed by atoms with van der Waals surface area (Å²) in [6.45, 7) is 2.13. The Labute approximate surface area is 199 Å². The van der Waals surface area contributed by atoms with E-state index in [4.69, 9.17) is 9.47 Å². The van der Waals surface area contributed by atoms with E-state index < -0.39 is 5.97 Å². The lowest BCUT2D eigenvalue weighted by molar-refractivity contribution is -0.121. The van der Waals surface area contributed by atoms with Crippen molar-refractivity contribution >= 4 is 28.9 Å². The summed E-state index contributed by atoms with van der Waals surface area (Å²) in [5, 5.41) is 3.04. The Morgan fingerprint density at radius 1 is 1.15 bits per heavy atom. The van der Waals surface area contributed by atoms with Crippen LogP contribution in [0.5, 0.6) is 11.6 Å². The first-order valence-electron chi connectivity index (χ1n) is 10.6. The quantitative estimate of drug-likeness (QED) is 0.383. The number of amides is 1. The van der Waals surface area contributed by atoms with Gasteiger partial charge in [0.05, 0.1) is 16.9 Å². The minimum atomic E-state index is -0.686. The number of ether oxygens (including phenoxy) is 2. The van der Waals surface area contributed by atoms with Crippen LogP contribution in [-0.2, 0) is 16.0 Å². The Morgan fingerprint density at radius 3 is 2.82 bits per heavy atom. The number of carbonyl (C=O) groups excluding carboxylic acids is 2. The predicted molar refractivity (Wildman–Crippen MR) is 127 cm³/mol. The summed E-state index contributed by atoms with van der Waals surface area (Å²) >= 11 is 1.61. The minimum Gasteiger partial charge on any atom is -0.452 e. The largest absolute Gasteiger partial charge is 0.452 e. The normalized spacial score (nSPS) is 12.3. The first-order valence-corrected chi connectivity index (χ1v) is 11.5. The van der Waals surface area contributed by atoms with E-state index in [0.717, 1.165) is 33.9 Å². The molecule has 1 aliphatic heterocycles. The van der Waals surface area contributed by atoms with Gasteiger partial charge in [-0.2, -0.15) is 0 Å². The number of hydrogen-bond acceptors (Lipinski definition) is 8. The Balaban J connectivity index is 1.25. The molecule has 1 aliphatic rings. The van der Waals surface area contributed by atoms with E-state index in [1.165, 1.54) is 12.4 Å². The van der Waals surface area contributed by atoms with Crippen LogP contribution in [0, 0.1) is 6.92 Å². The van der Waals surface area contributed by atoms with Crippen LogP contribution in [0.25, 0.3) is 11.3 Å². The fourth-order valence-electron chi connectivity index (χ4n) is 3.75. The third-order valence-electron chi connectivity index (χ3n) is 5.36. The van der Waals surface area contributed by atoms with Gasteiger partial charge in [0.1, 0.15) is 11.3 Å². The number of aryl methyl sites for hydroxylation is 1. The van der Waals surface area contributed by atoms with Crippen molar-refractivity contribution in [1.29, 1.82) is 0 Å². The standard InChI is InChI=1S/C25H20N4O4S/c1-16-28-21(15-34-16)17-6-7-22-18(12-17)8-11-29(22)23(30)14-32-25(31)20-5-3-10-27-24(20)33-19-4-2-9-26-13-19/h2-7,9-10,12-13,15H,8,11,14H2,1H3. The first kappa shape index (κ1) is 21.7. The van der Waals surface area contributed by atoms with Gasteiger partial charge in [0.2, 0.25) is 5.88 Å². The maximum Gasteiger partial charge on any atom is 0.344 e. The number of pyridine rings is 2. The molecule has 0 atom stereocenters. The molecule has 0 saturated carbocycles. The molecule has 0 spiro atoms. The highest BCUT2D eigenvalue weighted by Crippen LogP contribution is 2.33. The SMILES string of the molecule is Cc1nc(-c2ccc3c(c2)CCN3C(=O)COC(=O)c2cccnc2Oc2cccnc2)cs1. The molecule has 4 aromatic rings. The zero-order valence-electron chi connectivity index (χ0n) is 18.3. The van der Waals surface area contributed by atoms with Gasteiger partial charge >= 0.3 is 5.97 Å². The van der Waals surface area contributed by atoms with Crippen molar-refractivity contribution in [3.8, 4) is 22.9 Å². The molecular formula is C25H20N4O4S. The van der Waals surface area contributed by atoms with Crippen molar-refractivity contribution in [2.75, 3.05) is 18.1 Å². The zero-order valence-corrected chi connectivity index (χ0v) is 19.1. The number of hydrogen-bond donors (Lipinski definition) is 0. The molecule has 0 radical (unpaired) electrons. The summed E-state index contributed by atoms with van der Waals surface area (Å²) in [7, 11) is 0. The van der Waals surface area contributed by atoms with E-state index in [1.807, 2.05) is 24.4 Å². The molecular weight excluding hydrogens is 452 g/mol. The van der Waals surface area contributed by atoms with Crippen LogP contribution < -0.4 is 9.64 Å². The van der Waals surface area contributed by atoms with Crippen LogP contribution in [-0.4, -0.2) is 40.0 Å². The molecule has 0 unspecified atom stereocenters. The van der Waals surface area contributed by atoms with Crippen molar-refractivity contribution in [3.05, 3.63) is 82.6 Å². The molecule has 5 rings (SSSR count). The first-order chi connectivity index (χ1) is 16.6. The minimum absolute atomic E-state index is 0.0873. The molecule has 170 valence electrons. The lowest BCUT2D eigenvalue weighted by Crippen LogP contribution is -2.33. The lowest BCUT2D eigenvalue weighted by Gasteiger charge is -2.17. The van der Waals surface area contributed by atoms with Gasteiger partial charge in [-0.3, -0.25) is 9.78 Å². The van der Waals surface area contributed by atoms with Crippen LogP contribution in [0.4, 0.5) is 5.69 Å². The summed E-state index contributed by atoms with van der Waals surface area (Å²) < 4.78 is 11.0. The Morgan fingerprint density at radius 2 is 2.03 bits per heavy atom. The van der Waals surface area contributed by atoms with E-state index in [0.29, 0.717) is 12.3 Å². The molecule has 0 saturated heterocycles. The third-order valence-corrected chi connectivity index (χ3v) is 6.13. The molecule has 1 amide bonds. The van der Waals surface area contributed by atoms with Crippen molar-refractivity contribution < 1.29 is 19.1 Å². The second-order valence-corrected chi connectivity index (χ2v) is 8.68. The average molecular weight is 473 g/mol. The number of rotatable bonds is 6. The van der Waals surface area contributed by atoms with Gasteiger partial charge in [-0.25, -0.2) is 14.8 Å². The summed E-state index contributed by atoms with van der Waals surface area (Å²) in [6, 6.07) is 12.5. The molecule has 4 heterocycles. The van der Waals surface area contributed by atoms with E-state index in [1.54, 1.807) is 46.7 Å². The molecule has 9 heteroatoms. The molecule has 0 aliphatic carbocycles. The summed E-state index contributed by atoms with van der Waals surface area (Å²) in [5.41, 5.74) is 4.00. The molecule has 34 heavy (non-hydrogen) atoms. The molecule has 0 N–H and O–H groups in total. The topological polar surface area (TPSA) is 94.5 Å². The van der Waals surface area contributed by atoms with Crippen LogP contribution in [0.2, 0.25) is 0 Å². The van der Waals surface area contributed by atoms with Gasteiger partial charge in [0.25, 0.3) is 5.91 Å². The van der Waals surface area contributed by atoms with Gasteiger partial charge < -0.3 is 14.4 Å². The Hall–Kier alpha value is -4.11. The monoisotopic (exact) mass is 472 g/mol. The fraction of sp³-hybridized carbons (Fsp3) is 0.160. The highest BCUT2D eigenvalue weighted by molar-refractivity contribution is 7.09. The second-order valence-electron chi connectivity index (χ2n) is 7.61. The van der Waals surface area contributed by atoms with Gasteiger partial charge in [-0.05, 0) is 55.3 Å². The Bertz CT molecular complexity index is 1360. The van der Waals surface area contributed by atoms with Gasteiger partial charge in [0, 0.05) is 35.6 Å². The molecule has 1 aromatic carbocycles. The van der Waals surface area contributed by atoms with Crippen LogP contribution in [0.3, 0.4) is 0 Å². The van der Waals surface area contributed by atoms with Crippen molar-refractivity contribution in [2.24, 2.45) is 0 Å². The van der Waals surface area contributed by atoms with E-state index in [9.17, 15) is 9.59 Å². The highest BCUT2D eigenvalue weighted by Gasteiger charge is 2.26. The molecule has 3 aromatic heterocycles. The highest BCUT2D eigenvalue weighted by atomic mass is 32.1. The van der Waals surface area contributed by atoms with Crippen molar-refractivity contribution in [2.45, 2.75) is 13.3 Å². The van der Waals surface area contributed by atoms with E-state index >= 15 is 0 Å². The number of aromatic nitrogens is 3. The number of fused-ring (bicyclic) bond motifs is 1. The van der Waals surface area contributed by atoms with E-state index in [2.05, 4.69) is 21.0 Å². The summed E-state index contributed by atoms with van der Waals surface area (Å²) in [5.74, 6) is -0.451. The van der Waals surface area contributed by atoms with Crippen LogP contribution >= 0.6 is 11.3 Å². The van der Waals surface area contributed by atoms with Gasteiger partial charge in [-0.15, -0.1) is 11.3 Å². The number of esters is 1. The van der Waals surface area contributed by atoms with Crippen LogP contribution in [0.15, 0.2) is 66.4 Å². The third kappa shape index (κ3) is 4.51. The average Bonchev–Trinajstić information content (AvgIpc) is 3.49. The number of nitrogens with zero attached hydrogens (tertiary/aromatic N) is 4. The lowest BCUT2D eigenvalue weighted by atomic mass is 10.1. The maximum absolute atomic E-state index is 12.9. The summed E-state index contributed by atoms with van der Waals surface area (Å²) in [6.07, 6.45) is 5.37. The number of benzene rings is 1. The number of carbonyl (C=O) groups is 2. The van der Waals surface area contributed by atoms with Crippen LogP contribution in [0.1, 0.15) is 20.9 Å². The number of anilines is 1. The van der Waals surface area contributed by atoms with E-state index in [-0.39, 0.29) is 24.0 Å². The maximum atomic E-state index is 12.9. The smallest absolute Gasteiger partial charge is 0.344 e. The second kappa shape index (κ2) is 9.40. The molecule has 0 fully saturated rings. The summed E-state index contributed by atoms with van der Waals surface area (Å²) in [4.78, 5) is 39.8. The van der Waals surface area contributed by atoms with Crippen molar-refractivity contribution in [1.82, 2.24) is 15.0 Å². The fourth-order valence-corrected chi connectivity index (χ4v) is 4.37. The van der Waals surface area contributed by atoms with Crippen molar-refractivity contribution in [3.63, 3.8) is 0 Å². The molecule has 8 nitrogen and oxygen atoms in total. The van der Waals surface area contributed by atoms with Gasteiger partial charge in [0.15, 0.2) is 6.61 Å². The predicted octanol–water partition coefficient (Wildman–Crippen LogP) is 4.45. The van der Waals surface area contributed by atoms with Gasteiger partial charge in [-0.1, -0.05) is 6.07 Å². The zero-order chi connectivity index (χ0) is 23.5. The Kier molecular flexibility index (Phi) is 6.01. The molecule has 0 bridgehead atoms. The number of thiazole rings is 1.